The van der Waals surface area contributed by atoms with Gasteiger partial charge in [-0.3, -0.25) is 4.98 Å². The van der Waals surface area contributed by atoms with E-state index >= 15 is 0 Å². The third-order valence-corrected chi connectivity index (χ3v) is 7.14. The second kappa shape index (κ2) is 9.70. The molecule has 4 atom stereocenters. The summed E-state index contributed by atoms with van der Waals surface area (Å²) in [5, 5.41) is 16.2. The van der Waals surface area contributed by atoms with Crippen molar-refractivity contribution in [3.05, 3.63) is 34.8 Å². The van der Waals surface area contributed by atoms with Crippen LogP contribution in [0.1, 0.15) is 54.5 Å². The van der Waals surface area contributed by atoms with E-state index in [0.29, 0.717) is 47.7 Å². The van der Waals surface area contributed by atoms with Crippen LogP contribution in [0.3, 0.4) is 0 Å². The summed E-state index contributed by atoms with van der Waals surface area (Å²) < 4.78 is 5.49. The van der Waals surface area contributed by atoms with Crippen molar-refractivity contribution < 1.29 is 4.74 Å². The number of nitriles is 1. The van der Waals surface area contributed by atoms with Crippen LogP contribution in [0, 0.1) is 42.9 Å². The Bertz CT molecular complexity index is 989. The Labute approximate surface area is 190 Å². The van der Waals surface area contributed by atoms with Crippen molar-refractivity contribution >= 4 is 11.8 Å². The molecule has 0 spiro atoms. The van der Waals surface area contributed by atoms with Crippen LogP contribution in [0.25, 0.3) is 0 Å². The number of hydrogen-bond donors (Lipinski definition) is 3. The molecule has 4 rings (SSSR count). The lowest BCUT2D eigenvalue weighted by molar-refractivity contribution is 0.112. The fourth-order valence-corrected chi connectivity index (χ4v) is 5.42. The second-order valence-electron chi connectivity index (χ2n) is 9.21. The maximum Gasteiger partial charge on any atom is 0.225 e. The normalized spacial score (nSPS) is 24.5. The van der Waals surface area contributed by atoms with Gasteiger partial charge in [0.2, 0.25) is 5.95 Å². The molecule has 0 radical (unpaired) electrons. The Balaban J connectivity index is 1.41. The van der Waals surface area contributed by atoms with Gasteiger partial charge in [0, 0.05) is 29.9 Å². The van der Waals surface area contributed by atoms with E-state index in [-0.39, 0.29) is 0 Å². The fraction of sp³-hybridized carbons (Fsp3) is 0.583. The van der Waals surface area contributed by atoms with Crippen molar-refractivity contribution in [3.63, 3.8) is 0 Å². The molecule has 2 aromatic heterocycles. The summed E-state index contributed by atoms with van der Waals surface area (Å²) in [6, 6.07) is 2.56. The van der Waals surface area contributed by atoms with Crippen LogP contribution in [0.2, 0.25) is 0 Å². The molecule has 2 aliphatic rings. The minimum atomic E-state index is 0.363. The molecule has 0 aliphatic heterocycles. The smallest absolute Gasteiger partial charge is 0.225 e. The zero-order valence-electron chi connectivity index (χ0n) is 19.2. The van der Waals surface area contributed by atoms with Gasteiger partial charge in [0.15, 0.2) is 0 Å². The average Bonchev–Trinajstić information content (AvgIpc) is 2.78. The van der Waals surface area contributed by atoms with Crippen molar-refractivity contribution in [2.75, 3.05) is 24.3 Å². The van der Waals surface area contributed by atoms with Gasteiger partial charge in [-0.1, -0.05) is 6.42 Å². The van der Waals surface area contributed by atoms with E-state index in [1.165, 1.54) is 19.3 Å². The molecule has 2 unspecified atom stereocenters. The van der Waals surface area contributed by atoms with Crippen LogP contribution in [0.15, 0.2) is 12.4 Å². The molecule has 2 saturated carbocycles. The molecule has 0 saturated heterocycles. The number of nitrogens with two attached hydrogens (primary N) is 1. The van der Waals surface area contributed by atoms with Gasteiger partial charge < -0.3 is 21.1 Å². The molecular formula is C24H33N7O. The summed E-state index contributed by atoms with van der Waals surface area (Å²) in [7, 11) is 1.67. The summed E-state index contributed by atoms with van der Waals surface area (Å²) in [5.74, 6) is 3.72. The van der Waals surface area contributed by atoms with Crippen molar-refractivity contribution in [1.29, 1.82) is 5.26 Å². The molecule has 8 heteroatoms. The highest BCUT2D eigenvalue weighted by Gasteiger charge is 2.37. The predicted octanol–water partition coefficient (Wildman–Crippen LogP) is 3.55. The maximum atomic E-state index is 9.51. The van der Waals surface area contributed by atoms with E-state index in [1.54, 1.807) is 19.5 Å². The van der Waals surface area contributed by atoms with E-state index in [2.05, 4.69) is 31.7 Å². The molecule has 2 fully saturated rings. The molecule has 32 heavy (non-hydrogen) atoms. The van der Waals surface area contributed by atoms with Gasteiger partial charge in [-0.25, -0.2) is 4.98 Å². The van der Waals surface area contributed by atoms with Crippen LogP contribution in [-0.4, -0.2) is 34.6 Å². The number of hydrogen-bond acceptors (Lipinski definition) is 8. The van der Waals surface area contributed by atoms with Crippen molar-refractivity contribution in [2.45, 2.75) is 58.5 Å². The lowest BCUT2D eigenvalue weighted by atomic mass is 9.65. The molecule has 0 aromatic carbocycles. The minimum absolute atomic E-state index is 0.363. The number of rotatable bonds is 7. The van der Waals surface area contributed by atoms with Gasteiger partial charge >= 0.3 is 0 Å². The van der Waals surface area contributed by atoms with Gasteiger partial charge in [-0.2, -0.15) is 10.2 Å². The number of methoxy groups -OCH3 is 1. The van der Waals surface area contributed by atoms with Crippen molar-refractivity contribution in [3.8, 4) is 11.8 Å². The first-order chi connectivity index (χ1) is 15.5. The number of nitrogens with zero attached hydrogens (tertiary/aromatic N) is 4. The van der Waals surface area contributed by atoms with E-state index in [9.17, 15) is 5.26 Å². The van der Waals surface area contributed by atoms with E-state index in [0.717, 1.165) is 42.0 Å². The fourth-order valence-electron chi connectivity index (χ4n) is 5.42. The Morgan fingerprint density at radius 3 is 2.59 bits per heavy atom. The summed E-state index contributed by atoms with van der Waals surface area (Å²) in [4.78, 5) is 13.4. The maximum absolute atomic E-state index is 9.51. The summed E-state index contributed by atoms with van der Waals surface area (Å²) >= 11 is 0. The molecule has 2 aromatic rings. The Morgan fingerprint density at radius 1 is 1.16 bits per heavy atom. The van der Waals surface area contributed by atoms with Gasteiger partial charge in [0.25, 0.3) is 0 Å². The van der Waals surface area contributed by atoms with E-state index in [1.807, 2.05) is 13.8 Å². The van der Waals surface area contributed by atoms with E-state index < -0.39 is 0 Å². The van der Waals surface area contributed by atoms with Gasteiger partial charge in [-0.05, 0) is 57.3 Å². The number of aromatic nitrogens is 3. The van der Waals surface area contributed by atoms with Crippen LogP contribution >= 0.6 is 0 Å². The van der Waals surface area contributed by atoms with Crippen LogP contribution in [0.4, 0.5) is 11.8 Å². The van der Waals surface area contributed by atoms with Crippen LogP contribution in [0.5, 0.6) is 5.75 Å². The number of nitrogens with one attached hydrogen (secondary N) is 2. The largest absolute Gasteiger partial charge is 0.496 e. The minimum Gasteiger partial charge on any atom is -0.496 e. The first kappa shape index (κ1) is 22.3. The summed E-state index contributed by atoms with van der Waals surface area (Å²) in [5.41, 5.74) is 9.76. The third kappa shape index (κ3) is 4.63. The molecule has 4 N–H and O–H groups in total. The lowest BCUT2D eigenvalue weighted by Gasteiger charge is -2.44. The predicted molar refractivity (Wildman–Crippen MR) is 124 cm³/mol. The monoisotopic (exact) mass is 435 g/mol. The number of ether oxygens (including phenoxy) is 1. The van der Waals surface area contributed by atoms with Gasteiger partial charge in [0.1, 0.15) is 23.2 Å². The molecule has 2 aliphatic carbocycles. The SMILES string of the molecule is COc1c(C)cnc(CNc2ncc(C#N)c(NCC3C[C@H]4CCC[C@@H](C3)C4N)n2)c1C. The summed E-state index contributed by atoms with van der Waals surface area (Å²) in [6.07, 6.45) is 9.49. The van der Waals surface area contributed by atoms with Gasteiger partial charge in [0.05, 0.1) is 25.5 Å². The third-order valence-electron chi connectivity index (χ3n) is 7.14. The zero-order chi connectivity index (χ0) is 22.7. The quantitative estimate of drug-likeness (QED) is 0.604. The average molecular weight is 436 g/mol. The Kier molecular flexibility index (Phi) is 6.75. The number of aryl methyl sites for hydroxylation is 1. The second-order valence-corrected chi connectivity index (χ2v) is 9.21. The van der Waals surface area contributed by atoms with E-state index in [4.69, 9.17) is 10.5 Å². The number of anilines is 2. The van der Waals surface area contributed by atoms with Gasteiger partial charge in [-0.15, -0.1) is 0 Å². The number of pyridine rings is 1. The van der Waals surface area contributed by atoms with Crippen LogP contribution < -0.4 is 21.1 Å². The van der Waals surface area contributed by atoms with Crippen LogP contribution in [-0.2, 0) is 6.54 Å². The molecule has 2 bridgehead atoms. The highest BCUT2D eigenvalue weighted by molar-refractivity contribution is 5.53. The molecule has 2 heterocycles. The number of fused-ring (bicyclic) bond motifs is 2. The Hall–Kier alpha value is -2.92. The topological polar surface area (TPSA) is 122 Å². The highest BCUT2D eigenvalue weighted by atomic mass is 16.5. The first-order valence-electron chi connectivity index (χ1n) is 11.5. The molecule has 0 amide bonds. The first-order valence-corrected chi connectivity index (χ1v) is 11.5. The van der Waals surface area contributed by atoms with Crippen molar-refractivity contribution in [1.82, 2.24) is 15.0 Å². The standard InChI is InChI=1S/C24H33N7O/c1-14-10-27-20(15(2)22(14)32-3)13-30-24-29-12-19(9-25)23(31-24)28-11-16-7-17-5-4-6-18(8-16)21(17)26/h10,12,16-18,21H,4-8,11,13,26H2,1-3H3,(H2,28,29,30,31)/t16?,17-,18+,21?. The molecular weight excluding hydrogens is 402 g/mol. The van der Waals surface area contributed by atoms with Crippen molar-refractivity contribution in [2.24, 2.45) is 23.5 Å². The summed E-state index contributed by atoms with van der Waals surface area (Å²) in [6.45, 7) is 5.25. The zero-order valence-corrected chi connectivity index (χ0v) is 19.2. The molecule has 170 valence electrons. The highest BCUT2D eigenvalue weighted by Crippen LogP contribution is 2.41. The molecule has 8 nitrogen and oxygen atoms in total. The lowest BCUT2D eigenvalue weighted by Crippen LogP contribution is -2.47. The Morgan fingerprint density at radius 2 is 1.91 bits per heavy atom.